The molecule has 0 spiro atoms. The molecular weight excluding hydrogens is 537 g/mol. The molecule has 0 saturated heterocycles. The fourth-order valence-corrected chi connectivity index (χ4v) is 5.67. The molecule has 5 rings (SSSR count). The highest BCUT2D eigenvalue weighted by atomic mass is 35.5. The van der Waals surface area contributed by atoms with Crippen molar-refractivity contribution in [2.75, 3.05) is 19.0 Å². The van der Waals surface area contributed by atoms with E-state index in [1.54, 1.807) is 24.4 Å². The average molecular weight is 564 g/mol. The Kier molecular flexibility index (Phi) is 8.09. The predicted molar refractivity (Wildman–Crippen MR) is 156 cm³/mol. The first kappa shape index (κ1) is 27.9. The molecule has 0 aliphatic heterocycles. The molecule has 1 aromatic heterocycles. The van der Waals surface area contributed by atoms with Crippen molar-refractivity contribution in [2.24, 2.45) is 0 Å². The number of anilines is 1. The number of nitrogens with zero attached hydrogens (tertiary/aromatic N) is 2. The van der Waals surface area contributed by atoms with E-state index in [0.29, 0.717) is 11.1 Å². The summed E-state index contributed by atoms with van der Waals surface area (Å²) in [4.78, 5) is 14.7. The number of carbonyl (C=O) groups excluding carboxylic acids is 1. The number of rotatable bonds is 7. The van der Waals surface area contributed by atoms with E-state index in [4.69, 9.17) is 0 Å². The minimum atomic E-state index is -3.93. The van der Waals surface area contributed by atoms with Crippen LogP contribution in [0.4, 0.5) is 10.1 Å². The van der Waals surface area contributed by atoms with Crippen molar-refractivity contribution >= 4 is 44.9 Å². The largest absolute Gasteiger partial charge is 0.378 e. The van der Waals surface area contributed by atoms with Crippen molar-refractivity contribution in [3.05, 3.63) is 120 Å². The smallest absolute Gasteiger partial charge is 0.268 e. The first-order chi connectivity index (χ1) is 18.2. The Bertz CT molecular complexity index is 1710. The molecule has 9 heteroatoms. The molecule has 5 aromatic rings. The van der Waals surface area contributed by atoms with Gasteiger partial charge in [-0.2, -0.15) is 0 Å². The molecule has 39 heavy (non-hydrogen) atoms. The van der Waals surface area contributed by atoms with Crippen LogP contribution in [0, 0.1) is 5.82 Å². The van der Waals surface area contributed by atoms with Gasteiger partial charge in [0.2, 0.25) is 0 Å². The molecule has 4 aromatic carbocycles. The zero-order valence-corrected chi connectivity index (χ0v) is 23.0. The molecule has 200 valence electrons. The van der Waals surface area contributed by atoms with Gasteiger partial charge in [0.05, 0.1) is 10.4 Å². The number of halogens is 2. The van der Waals surface area contributed by atoms with Gasteiger partial charge in [-0.1, -0.05) is 42.5 Å². The summed E-state index contributed by atoms with van der Waals surface area (Å²) in [5.41, 5.74) is 4.42. The number of aromatic nitrogens is 1. The molecule has 1 amide bonds. The normalized spacial score (nSPS) is 11.2. The highest BCUT2D eigenvalue weighted by Gasteiger charge is 2.22. The van der Waals surface area contributed by atoms with Crippen molar-refractivity contribution in [2.45, 2.75) is 11.4 Å². The third-order valence-electron chi connectivity index (χ3n) is 6.41. The maximum absolute atomic E-state index is 13.7. The van der Waals surface area contributed by atoms with Gasteiger partial charge in [0, 0.05) is 49.0 Å². The van der Waals surface area contributed by atoms with E-state index in [2.05, 4.69) is 5.32 Å². The van der Waals surface area contributed by atoms with Crippen LogP contribution in [0.3, 0.4) is 0 Å². The highest BCUT2D eigenvalue weighted by Crippen LogP contribution is 2.33. The molecule has 0 aliphatic rings. The van der Waals surface area contributed by atoms with Gasteiger partial charge in [0.1, 0.15) is 5.82 Å². The van der Waals surface area contributed by atoms with Crippen molar-refractivity contribution < 1.29 is 17.6 Å². The molecule has 0 aliphatic carbocycles. The molecular formula is C30H27ClFN3O3S. The van der Waals surface area contributed by atoms with Gasteiger partial charge in [0.25, 0.3) is 15.9 Å². The molecule has 0 bridgehead atoms. The van der Waals surface area contributed by atoms with Crippen LogP contribution < -0.4 is 10.2 Å². The number of nitrogens with one attached hydrogen (secondary N) is 1. The zero-order valence-electron chi connectivity index (χ0n) is 21.3. The lowest BCUT2D eigenvalue weighted by Gasteiger charge is -2.12. The van der Waals surface area contributed by atoms with Crippen LogP contribution in [-0.2, 0) is 16.6 Å². The number of fused-ring (bicyclic) bond motifs is 1. The van der Waals surface area contributed by atoms with Crippen LogP contribution in [0.1, 0.15) is 15.9 Å². The van der Waals surface area contributed by atoms with Gasteiger partial charge >= 0.3 is 0 Å². The van der Waals surface area contributed by atoms with Crippen LogP contribution in [0.5, 0.6) is 0 Å². The Morgan fingerprint density at radius 3 is 2.15 bits per heavy atom. The Hall–Kier alpha value is -4.14. The quantitative estimate of drug-likeness (QED) is 0.260. The number of para-hydroxylation sites is 1. The third kappa shape index (κ3) is 5.67. The van der Waals surface area contributed by atoms with E-state index in [1.807, 2.05) is 61.5 Å². The number of hydrogen-bond acceptors (Lipinski definition) is 4. The van der Waals surface area contributed by atoms with Gasteiger partial charge in [-0.05, 0) is 65.7 Å². The van der Waals surface area contributed by atoms with Gasteiger partial charge in [-0.15, -0.1) is 12.4 Å². The highest BCUT2D eigenvalue weighted by molar-refractivity contribution is 7.90. The molecule has 0 atom stereocenters. The van der Waals surface area contributed by atoms with Gasteiger partial charge in [0.15, 0.2) is 0 Å². The lowest BCUT2D eigenvalue weighted by Crippen LogP contribution is -2.22. The SMILES string of the molecule is CN(C)c1ccc(-c2cn(S(=O)(=O)c3ccc(C(=O)NCc4ccc(F)cc4)cc3)c3ccccc23)cc1.Cl. The lowest BCUT2D eigenvalue weighted by molar-refractivity contribution is 0.0951. The van der Waals surface area contributed by atoms with E-state index >= 15 is 0 Å². The molecule has 1 heterocycles. The summed E-state index contributed by atoms with van der Waals surface area (Å²) in [6, 6.07) is 27.0. The Morgan fingerprint density at radius 1 is 0.872 bits per heavy atom. The topological polar surface area (TPSA) is 71.4 Å². The molecule has 0 radical (unpaired) electrons. The molecule has 6 nitrogen and oxygen atoms in total. The molecule has 0 fully saturated rings. The summed E-state index contributed by atoms with van der Waals surface area (Å²) < 4.78 is 41.7. The predicted octanol–water partition coefficient (Wildman–Crippen LogP) is 6.10. The van der Waals surface area contributed by atoms with E-state index in [9.17, 15) is 17.6 Å². The van der Waals surface area contributed by atoms with E-state index in [0.717, 1.165) is 27.8 Å². The van der Waals surface area contributed by atoms with Crippen LogP contribution in [0.15, 0.2) is 108 Å². The fraction of sp³-hybridized carbons (Fsp3) is 0.100. The first-order valence-corrected chi connectivity index (χ1v) is 13.4. The van der Waals surface area contributed by atoms with Crippen molar-refractivity contribution in [3.8, 4) is 11.1 Å². The number of hydrogen-bond donors (Lipinski definition) is 1. The number of benzene rings is 4. The summed E-state index contributed by atoms with van der Waals surface area (Å²) in [6.07, 6.45) is 1.65. The first-order valence-electron chi connectivity index (χ1n) is 12.0. The minimum absolute atomic E-state index is 0. The molecule has 0 saturated carbocycles. The summed E-state index contributed by atoms with van der Waals surface area (Å²) >= 11 is 0. The van der Waals surface area contributed by atoms with Crippen LogP contribution >= 0.6 is 12.4 Å². The van der Waals surface area contributed by atoms with Crippen LogP contribution in [-0.4, -0.2) is 32.4 Å². The molecule has 0 unspecified atom stereocenters. The van der Waals surface area contributed by atoms with Gasteiger partial charge in [-0.3, -0.25) is 4.79 Å². The second-order valence-electron chi connectivity index (χ2n) is 9.14. The lowest BCUT2D eigenvalue weighted by atomic mass is 10.0. The standard InChI is InChI=1S/C30H26FN3O3S.ClH/c1-33(2)25-15-9-22(10-16-25)28-20-34(29-6-4-3-5-27(28)29)38(36,37)26-17-11-23(12-18-26)30(35)32-19-21-7-13-24(31)14-8-21;/h3-18,20H,19H2,1-2H3,(H,32,35);1H. The number of amides is 1. The molecule has 1 N–H and O–H groups in total. The van der Waals surface area contributed by atoms with E-state index < -0.39 is 10.0 Å². The Morgan fingerprint density at radius 2 is 1.51 bits per heavy atom. The maximum Gasteiger partial charge on any atom is 0.268 e. The summed E-state index contributed by atoms with van der Waals surface area (Å²) in [5.74, 6) is -0.699. The Balaban J connectivity index is 0.00000353. The van der Waals surface area contributed by atoms with Crippen LogP contribution in [0.2, 0.25) is 0 Å². The van der Waals surface area contributed by atoms with Crippen LogP contribution in [0.25, 0.3) is 22.0 Å². The van der Waals surface area contributed by atoms with Crippen molar-refractivity contribution in [1.82, 2.24) is 9.29 Å². The summed E-state index contributed by atoms with van der Waals surface area (Å²) in [7, 11) is -0.00258. The second-order valence-corrected chi connectivity index (χ2v) is 11.0. The summed E-state index contributed by atoms with van der Waals surface area (Å²) in [6.45, 7) is 0.229. The van der Waals surface area contributed by atoms with Crippen molar-refractivity contribution in [1.29, 1.82) is 0 Å². The Labute approximate surface area is 233 Å². The third-order valence-corrected chi connectivity index (χ3v) is 8.10. The second kappa shape index (κ2) is 11.3. The average Bonchev–Trinajstić information content (AvgIpc) is 3.33. The zero-order chi connectivity index (χ0) is 26.9. The fourth-order valence-electron chi connectivity index (χ4n) is 4.30. The van der Waals surface area contributed by atoms with E-state index in [-0.39, 0.29) is 35.6 Å². The summed E-state index contributed by atoms with van der Waals surface area (Å²) in [5, 5.41) is 3.59. The van der Waals surface area contributed by atoms with E-state index in [1.165, 1.54) is 40.4 Å². The van der Waals surface area contributed by atoms with Gasteiger partial charge < -0.3 is 10.2 Å². The number of carbonyl (C=O) groups is 1. The van der Waals surface area contributed by atoms with Crippen molar-refractivity contribution in [3.63, 3.8) is 0 Å². The minimum Gasteiger partial charge on any atom is -0.378 e. The maximum atomic E-state index is 13.7. The monoisotopic (exact) mass is 563 g/mol. The van der Waals surface area contributed by atoms with Gasteiger partial charge in [-0.25, -0.2) is 16.8 Å².